The second-order valence-electron chi connectivity index (χ2n) is 4.45. The molecule has 0 aromatic heterocycles. The minimum atomic E-state index is -0.282. The summed E-state index contributed by atoms with van der Waals surface area (Å²) in [5.41, 5.74) is 6.94. The summed E-state index contributed by atoms with van der Waals surface area (Å²) in [5.74, 6) is -0.786. The maximum Gasteiger partial charge on any atom is 0.309 e. The van der Waals surface area contributed by atoms with E-state index < -0.39 is 0 Å². The average molecular weight is 237 g/mol. The maximum atomic E-state index is 12.9. The van der Waals surface area contributed by atoms with Crippen LogP contribution in [0.4, 0.5) is 4.39 Å². The molecule has 1 aromatic carbocycles. The van der Waals surface area contributed by atoms with Gasteiger partial charge < -0.3 is 10.5 Å². The van der Waals surface area contributed by atoms with Crippen LogP contribution in [0.3, 0.4) is 0 Å². The zero-order valence-corrected chi connectivity index (χ0v) is 9.73. The SMILES string of the molecule is COC(=O)[C@@H]1CCC(N)C1c1ccc(F)cc1. The fourth-order valence-electron chi connectivity index (χ4n) is 2.61. The van der Waals surface area contributed by atoms with Crippen LogP contribution >= 0.6 is 0 Å². The fraction of sp³-hybridized carbons (Fsp3) is 0.462. The van der Waals surface area contributed by atoms with Gasteiger partial charge in [0, 0.05) is 12.0 Å². The summed E-state index contributed by atoms with van der Waals surface area (Å²) in [6.45, 7) is 0. The highest BCUT2D eigenvalue weighted by Gasteiger charge is 2.39. The first kappa shape index (κ1) is 12.0. The van der Waals surface area contributed by atoms with Gasteiger partial charge in [0.25, 0.3) is 0 Å². The zero-order valence-electron chi connectivity index (χ0n) is 9.73. The van der Waals surface area contributed by atoms with Crippen molar-refractivity contribution in [3.63, 3.8) is 0 Å². The van der Waals surface area contributed by atoms with Crippen LogP contribution in [0, 0.1) is 11.7 Å². The number of hydrogen-bond donors (Lipinski definition) is 1. The van der Waals surface area contributed by atoms with Crippen molar-refractivity contribution in [1.29, 1.82) is 0 Å². The standard InChI is InChI=1S/C13H16FNO2/c1-17-13(16)10-6-7-11(15)12(10)8-2-4-9(14)5-3-8/h2-5,10-12H,6-7,15H2,1H3/t10-,11?,12?/m1/s1. The van der Waals surface area contributed by atoms with E-state index in [9.17, 15) is 9.18 Å². The molecular weight excluding hydrogens is 221 g/mol. The second kappa shape index (κ2) is 4.84. The van der Waals surface area contributed by atoms with Gasteiger partial charge in [-0.2, -0.15) is 0 Å². The molecular formula is C13H16FNO2. The summed E-state index contributed by atoms with van der Waals surface area (Å²) in [7, 11) is 1.38. The Labute approximate surface area is 99.8 Å². The highest BCUT2D eigenvalue weighted by molar-refractivity contribution is 5.74. The zero-order chi connectivity index (χ0) is 12.4. The first-order valence-electron chi connectivity index (χ1n) is 5.72. The lowest BCUT2D eigenvalue weighted by Gasteiger charge is -2.21. The second-order valence-corrected chi connectivity index (χ2v) is 4.45. The van der Waals surface area contributed by atoms with Crippen molar-refractivity contribution < 1.29 is 13.9 Å². The first-order chi connectivity index (χ1) is 8.13. The molecule has 0 radical (unpaired) electrons. The molecule has 4 heteroatoms. The van der Waals surface area contributed by atoms with Gasteiger partial charge in [-0.05, 0) is 30.5 Å². The summed E-state index contributed by atoms with van der Waals surface area (Å²) >= 11 is 0. The van der Waals surface area contributed by atoms with Crippen LogP contribution in [0.5, 0.6) is 0 Å². The van der Waals surface area contributed by atoms with Crippen LogP contribution in [0.2, 0.25) is 0 Å². The number of esters is 1. The van der Waals surface area contributed by atoms with Crippen molar-refractivity contribution in [2.45, 2.75) is 24.8 Å². The van der Waals surface area contributed by atoms with Crippen LogP contribution in [0.25, 0.3) is 0 Å². The molecule has 1 saturated carbocycles. The Hall–Kier alpha value is -1.42. The van der Waals surface area contributed by atoms with E-state index in [4.69, 9.17) is 10.5 Å². The Morgan fingerprint density at radius 2 is 2.00 bits per heavy atom. The molecule has 1 aliphatic carbocycles. The minimum Gasteiger partial charge on any atom is -0.469 e. The van der Waals surface area contributed by atoms with Gasteiger partial charge in [-0.25, -0.2) is 4.39 Å². The summed E-state index contributed by atoms with van der Waals surface area (Å²) in [6, 6.07) is 6.12. The predicted octanol–water partition coefficient (Wildman–Crippen LogP) is 1.82. The van der Waals surface area contributed by atoms with Crippen molar-refractivity contribution >= 4 is 5.97 Å². The van der Waals surface area contributed by atoms with Gasteiger partial charge in [-0.3, -0.25) is 4.79 Å². The lowest BCUT2D eigenvalue weighted by atomic mass is 9.87. The third-order valence-electron chi connectivity index (χ3n) is 3.46. The Morgan fingerprint density at radius 3 is 2.59 bits per heavy atom. The van der Waals surface area contributed by atoms with Gasteiger partial charge in [0.2, 0.25) is 0 Å². The number of rotatable bonds is 2. The highest BCUT2D eigenvalue weighted by atomic mass is 19.1. The van der Waals surface area contributed by atoms with Crippen molar-refractivity contribution in [3.05, 3.63) is 35.6 Å². The van der Waals surface area contributed by atoms with Crippen molar-refractivity contribution in [2.24, 2.45) is 11.7 Å². The third-order valence-corrected chi connectivity index (χ3v) is 3.46. The van der Waals surface area contributed by atoms with E-state index in [1.54, 1.807) is 12.1 Å². The van der Waals surface area contributed by atoms with E-state index in [2.05, 4.69) is 0 Å². The number of benzene rings is 1. The Morgan fingerprint density at radius 1 is 1.35 bits per heavy atom. The molecule has 0 spiro atoms. The number of nitrogens with two attached hydrogens (primary N) is 1. The molecule has 2 N–H and O–H groups in total. The number of ether oxygens (including phenoxy) is 1. The molecule has 2 unspecified atom stereocenters. The molecule has 1 aromatic rings. The van der Waals surface area contributed by atoms with Crippen molar-refractivity contribution in [3.8, 4) is 0 Å². The Balaban J connectivity index is 2.27. The highest BCUT2D eigenvalue weighted by Crippen LogP contribution is 2.39. The third kappa shape index (κ3) is 2.31. The smallest absolute Gasteiger partial charge is 0.309 e. The molecule has 0 saturated heterocycles. The number of methoxy groups -OCH3 is 1. The normalized spacial score (nSPS) is 28.1. The maximum absolute atomic E-state index is 12.9. The molecule has 0 heterocycles. The van der Waals surface area contributed by atoms with E-state index in [0.717, 1.165) is 18.4 Å². The van der Waals surface area contributed by atoms with Gasteiger partial charge in [0.05, 0.1) is 13.0 Å². The summed E-state index contributed by atoms with van der Waals surface area (Å²) < 4.78 is 17.7. The van der Waals surface area contributed by atoms with Gasteiger partial charge in [-0.15, -0.1) is 0 Å². The van der Waals surface area contributed by atoms with E-state index in [0.29, 0.717) is 0 Å². The van der Waals surface area contributed by atoms with E-state index in [1.165, 1.54) is 19.2 Å². The molecule has 2 rings (SSSR count). The van der Waals surface area contributed by atoms with Crippen LogP contribution < -0.4 is 5.73 Å². The minimum absolute atomic E-state index is 0.0652. The molecule has 0 aliphatic heterocycles. The monoisotopic (exact) mass is 237 g/mol. The fourth-order valence-corrected chi connectivity index (χ4v) is 2.61. The lowest BCUT2D eigenvalue weighted by molar-refractivity contribution is -0.145. The number of carbonyl (C=O) groups is 1. The Kier molecular flexibility index (Phi) is 3.43. The average Bonchev–Trinajstić information content (AvgIpc) is 2.71. The van der Waals surface area contributed by atoms with Gasteiger partial charge >= 0.3 is 5.97 Å². The van der Waals surface area contributed by atoms with Gasteiger partial charge in [0.1, 0.15) is 5.82 Å². The molecule has 0 bridgehead atoms. The summed E-state index contributed by atoms with van der Waals surface area (Å²) in [6.07, 6.45) is 1.53. The van der Waals surface area contributed by atoms with Gasteiger partial charge in [0.15, 0.2) is 0 Å². The van der Waals surface area contributed by atoms with Crippen molar-refractivity contribution in [2.75, 3.05) is 7.11 Å². The van der Waals surface area contributed by atoms with Gasteiger partial charge in [-0.1, -0.05) is 12.1 Å². The topological polar surface area (TPSA) is 52.3 Å². The van der Waals surface area contributed by atoms with E-state index in [1.807, 2.05) is 0 Å². The predicted molar refractivity (Wildman–Crippen MR) is 61.9 cm³/mol. The summed E-state index contributed by atoms with van der Waals surface area (Å²) in [5, 5.41) is 0. The van der Waals surface area contributed by atoms with E-state index in [-0.39, 0.29) is 29.7 Å². The molecule has 1 fully saturated rings. The molecule has 3 nitrogen and oxygen atoms in total. The Bertz CT molecular complexity index is 404. The number of carbonyl (C=O) groups excluding carboxylic acids is 1. The van der Waals surface area contributed by atoms with Crippen LogP contribution in [-0.4, -0.2) is 19.1 Å². The lowest BCUT2D eigenvalue weighted by Crippen LogP contribution is -2.29. The molecule has 0 amide bonds. The van der Waals surface area contributed by atoms with Crippen LogP contribution in [0.1, 0.15) is 24.3 Å². The number of hydrogen-bond acceptors (Lipinski definition) is 3. The van der Waals surface area contributed by atoms with Crippen LogP contribution in [0.15, 0.2) is 24.3 Å². The van der Waals surface area contributed by atoms with Crippen LogP contribution in [-0.2, 0) is 9.53 Å². The largest absolute Gasteiger partial charge is 0.469 e. The molecule has 3 atom stereocenters. The number of halogens is 1. The quantitative estimate of drug-likeness (QED) is 0.798. The first-order valence-corrected chi connectivity index (χ1v) is 5.72. The molecule has 1 aliphatic rings. The molecule has 92 valence electrons. The van der Waals surface area contributed by atoms with Crippen molar-refractivity contribution in [1.82, 2.24) is 0 Å². The summed E-state index contributed by atoms with van der Waals surface area (Å²) in [4.78, 5) is 11.7. The molecule has 17 heavy (non-hydrogen) atoms. The van der Waals surface area contributed by atoms with E-state index >= 15 is 0 Å².